The molecule has 176 valence electrons. The molecule has 3 aromatic carbocycles. The van der Waals surface area contributed by atoms with Gasteiger partial charge in [0.1, 0.15) is 11.0 Å². The van der Waals surface area contributed by atoms with Crippen LogP contribution in [0.25, 0.3) is 71.6 Å². The van der Waals surface area contributed by atoms with E-state index in [4.69, 9.17) is 8.75 Å². The van der Waals surface area contributed by atoms with Crippen molar-refractivity contribution in [2.45, 2.75) is 0 Å². The van der Waals surface area contributed by atoms with E-state index in [9.17, 15) is 0 Å². The van der Waals surface area contributed by atoms with E-state index < -0.39 is 0 Å². The van der Waals surface area contributed by atoms with Gasteiger partial charge < -0.3 is 0 Å². The van der Waals surface area contributed by atoms with Crippen molar-refractivity contribution in [2.75, 3.05) is 0 Å². The minimum atomic E-state index is 0.990. The first kappa shape index (κ1) is 21.8. The van der Waals surface area contributed by atoms with Crippen LogP contribution in [0.4, 0.5) is 0 Å². The lowest BCUT2D eigenvalue weighted by Gasteiger charge is -2.03. The SMILES string of the molecule is c1ccc2sc(-c3ccc(-c4ccc(-c5ccc(-c6cc7ccccc7s6)s5)c5nsnc45)s3)cc2c1. The molecule has 0 aliphatic heterocycles. The van der Waals surface area contributed by atoms with Gasteiger partial charge in [0.25, 0.3) is 0 Å². The quantitative estimate of drug-likeness (QED) is 0.212. The highest BCUT2D eigenvalue weighted by Crippen LogP contribution is 2.45. The molecule has 5 aromatic heterocycles. The van der Waals surface area contributed by atoms with Crippen LogP contribution in [-0.2, 0) is 0 Å². The molecule has 0 unspecified atom stereocenters. The number of hydrogen-bond acceptors (Lipinski definition) is 7. The third kappa shape index (κ3) is 3.69. The second kappa shape index (κ2) is 8.68. The van der Waals surface area contributed by atoms with Crippen LogP contribution in [-0.4, -0.2) is 8.75 Å². The number of fused-ring (bicyclic) bond motifs is 3. The maximum Gasteiger partial charge on any atom is 0.114 e. The molecule has 0 spiro atoms. The van der Waals surface area contributed by atoms with Crippen LogP contribution in [0.1, 0.15) is 0 Å². The van der Waals surface area contributed by atoms with Gasteiger partial charge in [-0.25, -0.2) is 0 Å². The van der Waals surface area contributed by atoms with Crippen molar-refractivity contribution in [1.82, 2.24) is 8.75 Å². The van der Waals surface area contributed by atoms with Crippen LogP contribution < -0.4 is 0 Å². The van der Waals surface area contributed by atoms with Gasteiger partial charge in [-0.15, -0.1) is 45.3 Å². The highest BCUT2D eigenvalue weighted by atomic mass is 32.1. The molecular formula is C30H16N2S5. The summed E-state index contributed by atoms with van der Waals surface area (Å²) in [6.45, 7) is 0. The molecule has 2 nitrogen and oxygen atoms in total. The Hall–Kier alpha value is -3.20. The molecule has 0 saturated carbocycles. The van der Waals surface area contributed by atoms with E-state index in [-0.39, 0.29) is 0 Å². The Morgan fingerprint density at radius 1 is 0.405 bits per heavy atom. The molecular weight excluding hydrogens is 549 g/mol. The predicted molar refractivity (Wildman–Crippen MR) is 166 cm³/mol. The fourth-order valence-electron chi connectivity index (χ4n) is 4.70. The van der Waals surface area contributed by atoms with Crippen molar-refractivity contribution in [1.29, 1.82) is 0 Å². The second-order valence-corrected chi connectivity index (χ2v) is 13.6. The summed E-state index contributed by atoms with van der Waals surface area (Å²) in [5, 5.41) is 2.61. The molecule has 5 heterocycles. The number of thiophene rings is 4. The summed E-state index contributed by atoms with van der Waals surface area (Å²) in [7, 11) is 0. The Labute approximate surface area is 233 Å². The highest BCUT2D eigenvalue weighted by molar-refractivity contribution is 7.27. The van der Waals surface area contributed by atoms with E-state index in [0.29, 0.717) is 0 Å². The van der Waals surface area contributed by atoms with Gasteiger partial charge in [-0.05, 0) is 59.3 Å². The molecule has 0 radical (unpaired) electrons. The summed E-state index contributed by atoms with van der Waals surface area (Å²) < 4.78 is 12.1. The summed E-state index contributed by atoms with van der Waals surface area (Å²) in [6, 6.07) is 35.1. The van der Waals surface area contributed by atoms with E-state index in [0.717, 1.165) is 22.2 Å². The molecule has 0 N–H and O–H groups in total. The Morgan fingerprint density at radius 3 is 1.35 bits per heavy atom. The Kier molecular flexibility index (Phi) is 5.13. The highest BCUT2D eigenvalue weighted by Gasteiger charge is 2.17. The van der Waals surface area contributed by atoms with Crippen molar-refractivity contribution in [2.24, 2.45) is 0 Å². The van der Waals surface area contributed by atoms with E-state index >= 15 is 0 Å². The lowest BCUT2D eigenvalue weighted by Crippen LogP contribution is -1.81. The van der Waals surface area contributed by atoms with Crippen LogP contribution in [0, 0.1) is 0 Å². The van der Waals surface area contributed by atoms with Gasteiger partial charge in [0, 0.05) is 49.8 Å². The van der Waals surface area contributed by atoms with E-state index in [1.165, 1.54) is 61.2 Å². The average molecular weight is 565 g/mol. The first-order valence-corrected chi connectivity index (χ1v) is 15.7. The van der Waals surface area contributed by atoms with Crippen LogP contribution in [0.2, 0.25) is 0 Å². The van der Waals surface area contributed by atoms with Crippen LogP contribution >= 0.6 is 57.1 Å². The van der Waals surface area contributed by atoms with Gasteiger partial charge in [-0.1, -0.05) is 48.5 Å². The summed E-state index contributed by atoms with van der Waals surface area (Å²) >= 11 is 8.66. The molecule has 0 aliphatic carbocycles. The second-order valence-electron chi connectivity index (χ2n) is 8.75. The minimum absolute atomic E-state index is 0.990. The first-order chi connectivity index (χ1) is 18.3. The van der Waals surface area contributed by atoms with Crippen LogP contribution in [0.15, 0.2) is 97.1 Å². The zero-order valence-electron chi connectivity index (χ0n) is 19.2. The number of hydrogen-bond donors (Lipinski definition) is 0. The molecule has 0 amide bonds. The van der Waals surface area contributed by atoms with Crippen molar-refractivity contribution in [3.8, 4) is 40.4 Å². The Balaban J connectivity index is 1.17. The maximum atomic E-state index is 4.74. The molecule has 0 fully saturated rings. The van der Waals surface area contributed by atoms with Gasteiger partial charge in [0.15, 0.2) is 0 Å². The molecule has 37 heavy (non-hydrogen) atoms. The van der Waals surface area contributed by atoms with Gasteiger partial charge in [-0.3, -0.25) is 0 Å². The van der Waals surface area contributed by atoms with Crippen molar-refractivity contribution in [3.05, 3.63) is 97.1 Å². The number of benzene rings is 3. The monoisotopic (exact) mass is 564 g/mol. The zero-order valence-corrected chi connectivity index (χ0v) is 23.3. The zero-order chi connectivity index (χ0) is 24.3. The van der Waals surface area contributed by atoms with Gasteiger partial charge >= 0.3 is 0 Å². The Morgan fingerprint density at radius 2 is 0.865 bits per heavy atom. The van der Waals surface area contributed by atoms with Crippen LogP contribution in [0.5, 0.6) is 0 Å². The van der Waals surface area contributed by atoms with Crippen molar-refractivity contribution in [3.63, 3.8) is 0 Å². The molecule has 0 aliphatic rings. The van der Waals surface area contributed by atoms with Crippen molar-refractivity contribution < 1.29 is 0 Å². The number of rotatable bonds is 4. The molecule has 0 atom stereocenters. The smallest absolute Gasteiger partial charge is 0.114 e. The summed E-state index contributed by atoms with van der Waals surface area (Å²) in [6.07, 6.45) is 0. The molecule has 8 rings (SSSR count). The van der Waals surface area contributed by atoms with E-state index in [1.807, 2.05) is 45.3 Å². The number of nitrogens with zero attached hydrogens (tertiary/aromatic N) is 2. The van der Waals surface area contributed by atoms with E-state index in [2.05, 4.69) is 97.1 Å². The largest absolute Gasteiger partial charge is 0.172 e. The molecule has 0 saturated heterocycles. The van der Waals surface area contributed by atoms with Gasteiger partial charge in [-0.2, -0.15) is 8.75 Å². The van der Waals surface area contributed by atoms with Crippen molar-refractivity contribution >= 4 is 88.3 Å². The lowest BCUT2D eigenvalue weighted by molar-refractivity contribution is 1.63. The first-order valence-electron chi connectivity index (χ1n) is 11.7. The predicted octanol–water partition coefficient (Wildman–Crippen LogP) is 10.9. The van der Waals surface area contributed by atoms with Crippen LogP contribution in [0.3, 0.4) is 0 Å². The van der Waals surface area contributed by atoms with Gasteiger partial charge in [0.2, 0.25) is 0 Å². The third-order valence-corrected chi connectivity index (χ3v) is 11.9. The normalized spacial score (nSPS) is 11.8. The topological polar surface area (TPSA) is 25.8 Å². The average Bonchev–Trinajstić information content (AvgIpc) is 3.76. The fourth-order valence-corrected chi connectivity index (χ4v) is 9.63. The standard InChI is InChI=1S/C30H16N2S5/c1-3-7-21-17(5-1)15-27(33-21)25-13-11-23(35-25)19-9-10-20(30-29(19)31-37-32-30)24-12-14-26(36-24)28-16-18-6-2-4-8-22(18)34-28/h1-16H. The summed E-state index contributed by atoms with van der Waals surface area (Å²) in [4.78, 5) is 7.68. The minimum Gasteiger partial charge on any atom is -0.172 e. The molecule has 7 heteroatoms. The molecule has 0 bridgehead atoms. The van der Waals surface area contributed by atoms with Gasteiger partial charge in [0.05, 0.1) is 11.7 Å². The lowest BCUT2D eigenvalue weighted by atomic mass is 10.1. The summed E-state index contributed by atoms with van der Waals surface area (Å²) in [5.74, 6) is 0. The number of aromatic nitrogens is 2. The van der Waals surface area contributed by atoms with E-state index in [1.54, 1.807) is 0 Å². The molecule has 8 aromatic rings. The summed E-state index contributed by atoms with van der Waals surface area (Å²) in [5.41, 5.74) is 4.30. The third-order valence-electron chi connectivity index (χ3n) is 6.50. The maximum absolute atomic E-state index is 4.74. The fraction of sp³-hybridized carbons (Fsp3) is 0. The Bertz CT molecular complexity index is 1850.